The maximum Gasteiger partial charge on any atom is 0.375 e. The van der Waals surface area contributed by atoms with E-state index in [9.17, 15) is 9.59 Å². The first kappa shape index (κ1) is 20.0. The second-order valence-corrected chi connectivity index (χ2v) is 7.05. The molecule has 0 unspecified atom stereocenters. The zero-order valence-electron chi connectivity index (χ0n) is 16.9. The number of hydrogen-bond acceptors (Lipinski definition) is 6. The van der Waals surface area contributed by atoms with Gasteiger partial charge in [-0.15, -0.1) is 0 Å². The summed E-state index contributed by atoms with van der Waals surface area (Å²) in [6.07, 6.45) is -1.06. The monoisotopic (exact) mass is 409 g/mol. The Morgan fingerprint density at radius 1 is 1.07 bits per heavy atom. The molecule has 1 aliphatic rings. The van der Waals surface area contributed by atoms with Crippen molar-refractivity contribution >= 4 is 22.8 Å². The fourth-order valence-electron chi connectivity index (χ4n) is 3.52. The van der Waals surface area contributed by atoms with Crippen molar-refractivity contribution in [3.05, 3.63) is 65.4 Å². The Morgan fingerprint density at radius 2 is 1.80 bits per heavy atom. The van der Waals surface area contributed by atoms with E-state index in [1.54, 1.807) is 49.3 Å². The molecule has 156 valence electrons. The number of fused-ring (bicyclic) bond motifs is 1. The molecule has 2 heterocycles. The maximum atomic E-state index is 13.2. The molecule has 1 atom stereocenters. The average molecular weight is 409 g/mol. The number of morpholine rings is 1. The maximum absolute atomic E-state index is 13.2. The molecular formula is C23H23NO6. The number of carbonyl (C=O) groups excluding carboxylic acids is 2. The normalized spacial score (nSPS) is 15.1. The number of benzene rings is 2. The number of methoxy groups -OCH3 is 1. The second kappa shape index (κ2) is 8.59. The van der Waals surface area contributed by atoms with Gasteiger partial charge in [0.15, 0.2) is 0 Å². The SMILES string of the molecule is COc1ccc2oc(C(=O)O[C@H](C(=O)N3CCOCC3)c3ccccc3)c(C)c2c1. The first-order chi connectivity index (χ1) is 14.6. The van der Waals surface area contributed by atoms with Gasteiger partial charge in [0.05, 0.1) is 20.3 Å². The zero-order chi connectivity index (χ0) is 21.1. The van der Waals surface area contributed by atoms with Crippen LogP contribution in [0, 0.1) is 6.92 Å². The highest BCUT2D eigenvalue weighted by molar-refractivity contribution is 5.97. The molecule has 0 saturated carbocycles. The van der Waals surface area contributed by atoms with Gasteiger partial charge in [-0.25, -0.2) is 4.79 Å². The summed E-state index contributed by atoms with van der Waals surface area (Å²) >= 11 is 0. The van der Waals surface area contributed by atoms with Crippen molar-refractivity contribution in [3.63, 3.8) is 0 Å². The van der Waals surface area contributed by atoms with Gasteiger partial charge >= 0.3 is 5.97 Å². The average Bonchev–Trinajstić information content (AvgIpc) is 3.14. The van der Waals surface area contributed by atoms with Crippen LogP contribution in [0.25, 0.3) is 11.0 Å². The smallest absolute Gasteiger partial charge is 0.375 e. The molecule has 4 rings (SSSR count). The summed E-state index contributed by atoms with van der Waals surface area (Å²) in [5.74, 6) is -0.212. The number of ether oxygens (including phenoxy) is 3. The third-order valence-electron chi connectivity index (χ3n) is 5.20. The predicted molar refractivity (Wildman–Crippen MR) is 110 cm³/mol. The minimum atomic E-state index is -1.06. The van der Waals surface area contributed by atoms with Crippen LogP contribution in [0.5, 0.6) is 5.75 Å². The lowest BCUT2D eigenvalue weighted by molar-refractivity contribution is -0.145. The van der Waals surface area contributed by atoms with Crippen molar-refractivity contribution in [2.24, 2.45) is 0 Å². The largest absolute Gasteiger partial charge is 0.497 e. The summed E-state index contributed by atoms with van der Waals surface area (Å²) in [6.45, 7) is 3.63. The van der Waals surface area contributed by atoms with Crippen molar-refractivity contribution in [2.75, 3.05) is 33.4 Å². The van der Waals surface area contributed by atoms with Gasteiger partial charge in [-0.3, -0.25) is 4.79 Å². The number of hydrogen-bond donors (Lipinski definition) is 0. The van der Waals surface area contributed by atoms with Crippen LogP contribution in [-0.4, -0.2) is 50.2 Å². The van der Waals surface area contributed by atoms with E-state index < -0.39 is 12.1 Å². The molecule has 0 bridgehead atoms. The third kappa shape index (κ3) is 3.89. The molecule has 1 saturated heterocycles. The van der Waals surface area contributed by atoms with Crippen molar-refractivity contribution < 1.29 is 28.2 Å². The van der Waals surface area contributed by atoms with E-state index in [1.807, 2.05) is 18.2 Å². The lowest BCUT2D eigenvalue weighted by Crippen LogP contribution is -2.44. The van der Waals surface area contributed by atoms with E-state index in [-0.39, 0.29) is 11.7 Å². The zero-order valence-corrected chi connectivity index (χ0v) is 16.9. The molecule has 2 aromatic carbocycles. The molecule has 3 aromatic rings. The number of carbonyl (C=O) groups is 2. The Kier molecular flexibility index (Phi) is 5.72. The Labute approximate surface area is 174 Å². The summed E-state index contributed by atoms with van der Waals surface area (Å²) in [5, 5.41) is 0.761. The fraction of sp³-hybridized carbons (Fsp3) is 0.304. The Balaban J connectivity index is 1.64. The Morgan fingerprint density at radius 3 is 2.50 bits per heavy atom. The van der Waals surface area contributed by atoms with Crippen LogP contribution in [0.15, 0.2) is 52.9 Å². The van der Waals surface area contributed by atoms with E-state index in [0.717, 1.165) is 5.39 Å². The molecule has 7 nitrogen and oxygen atoms in total. The topological polar surface area (TPSA) is 78.2 Å². The van der Waals surface area contributed by atoms with Crippen molar-refractivity contribution in [3.8, 4) is 5.75 Å². The van der Waals surface area contributed by atoms with Crippen LogP contribution < -0.4 is 4.74 Å². The third-order valence-corrected chi connectivity index (χ3v) is 5.20. The number of furan rings is 1. The number of amides is 1. The molecule has 1 aliphatic heterocycles. The number of esters is 1. The van der Waals surface area contributed by atoms with Gasteiger partial charge in [0.2, 0.25) is 11.9 Å². The van der Waals surface area contributed by atoms with E-state index >= 15 is 0 Å². The van der Waals surface area contributed by atoms with Gasteiger partial charge in [0.25, 0.3) is 5.91 Å². The quantitative estimate of drug-likeness (QED) is 0.600. The Hall–Kier alpha value is -3.32. The molecule has 7 heteroatoms. The number of aryl methyl sites for hydroxylation is 1. The first-order valence-corrected chi connectivity index (χ1v) is 9.78. The summed E-state index contributed by atoms with van der Waals surface area (Å²) in [6, 6.07) is 14.3. The highest BCUT2D eigenvalue weighted by atomic mass is 16.6. The molecule has 1 fully saturated rings. The lowest BCUT2D eigenvalue weighted by atomic mass is 10.1. The van der Waals surface area contributed by atoms with Gasteiger partial charge in [0, 0.05) is 29.6 Å². The standard InChI is InChI=1S/C23H23NO6/c1-15-18-14-17(27-2)8-9-19(18)29-20(15)23(26)30-21(16-6-4-3-5-7-16)22(25)24-10-12-28-13-11-24/h3-9,14,21H,10-13H2,1-2H3/t21-/m0/s1. The second-order valence-electron chi connectivity index (χ2n) is 7.05. The van der Waals surface area contributed by atoms with Crippen molar-refractivity contribution in [2.45, 2.75) is 13.0 Å². The van der Waals surface area contributed by atoms with E-state index in [0.29, 0.717) is 48.8 Å². The highest BCUT2D eigenvalue weighted by Gasteiger charge is 2.32. The molecule has 1 amide bonds. The molecule has 1 aromatic heterocycles. The van der Waals surface area contributed by atoms with Gasteiger partial charge in [-0.05, 0) is 25.1 Å². The van der Waals surface area contributed by atoms with Gasteiger partial charge < -0.3 is 23.5 Å². The van der Waals surface area contributed by atoms with Gasteiger partial charge in [0.1, 0.15) is 11.3 Å². The van der Waals surface area contributed by atoms with E-state index in [4.69, 9.17) is 18.6 Å². The molecular weight excluding hydrogens is 386 g/mol. The highest BCUT2D eigenvalue weighted by Crippen LogP contribution is 2.31. The minimum absolute atomic E-state index is 0.0777. The predicted octanol–water partition coefficient (Wildman–Crippen LogP) is 3.51. The van der Waals surface area contributed by atoms with E-state index in [1.165, 1.54) is 0 Å². The van der Waals surface area contributed by atoms with Crippen LogP contribution in [-0.2, 0) is 14.3 Å². The number of nitrogens with zero attached hydrogens (tertiary/aromatic N) is 1. The van der Waals surface area contributed by atoms with Crippen LogP contribution in [0.4, 0.5) is 0 Å². The lowest BCUT2D eigenvalue weighted by Gasteiger charge is -2.30. The number of rotatable bonds is 5. The molecule has 0 radical (unpaired) electrons. The van der Waals surface area contributed by atoms with Crippen LogP contribution >= 0.6 is 0 Å². The molecule has 0 N–H and O–H groups in total. The molecule has 30 heavy (non-hydrogen) atoms. The van der Waals surface area contributed by atoms with Gasteiger partial charge in [-0.1, -0.05) is 30.3 Å². The summed E-state index contributed by atoms with van der Waals surface area (Å²) in [7, 11) is 1.58. The van der Waals surface area contributed by atoms with Crippen molar-refractivity contribution in [1.82, 2.24) is 4.90 Å². The minimum Gasteiger partial charge on any atom is -0.497 e. The summed E-state index contributed by atoms with van der Waals surface area (Å²) in [4.78, 5) is 27.8. The fourth-order valence-corrected chi connectivity index (χ4v) is 3.52. The van der Waals surface area contributed by atoms with Gasteiger partial charge in [-0.2, -0.15) is 0 Å². The van der Waals surface area contributed by atoms with E-state index in [2.05, 4.69) is 0 Å². The summed E-state index contributed by atoms with van der Waals surface area (Å²) < 4.78 is 22.0. The molecule has 0 spiro atoms. The van der Waals surface area contributed by atoms with Crippen LogP contribution in [0.1, 0.15) is 27.8 Å². The first-order valence-electron chi connectivity index (χ1n) is 9.78. The molecule has 0 aliphatic carbocycles. The van der Waals surface area contributed by atoms with Crippen LogP contribution in [0.2, 0.25) is 0 Å². The van der Waals surface area contributed by atoms with Crippen molar-refractivity contribution in [1.29, 1.82) is 0 Å². The summed E-state index contributed by atoms with van der Waals surface area (Å²) in [5.41, 5.74) is 1.80. The van der Waals surface area contributed by atoms with Crippen LogP contribution in [0.3, 0.4) is 0 Å². The Bertz CT molecular complexity index is 1050.